The van der Waals surface area contributed by atoms with Crippen molar-refractivity contribution >= 4 is 11.7 Å². The van der Waals surface area contributed by atoms with Gasteiger partial charge in [-0.15, -0.1) is 0 Å². The molecule has 5 nitrogen and oxygen atoms in total. The lowest BCUT2D eigenvalue weighted by atomic mass is 9.95. The highest BCUT2D eigenvalue weighted by Gasteiger charge is 2.46. The summed E-state index contributed by atoms with van der Waals surface area (Å²) in [4.78, 5) is 12.4. The highest BCUT2D eigenvalue weighted by Crippen LogP contribution is 2.37. The van der Waals surface area contributed by atoms with E-state index in [-0.39, 0.29) is 23.3 Å². The number of benzene rings is 1. The summed E-state index contributed by atoms with van der Waals surface area (Å²) < 4.78 is 11.5. The van der Waals surface area contributed by atoms with Crippen LogP contribution in [-0.2, 0) is 16.1 Å². The molecule has 1 saturated heterocycles. The highest BCUT2D eigenvalue weighted by atomic mass is 16.5. The Bertz CT molecular complexity index is 555. The van der Waals surface area contributed by atoms with Crippen LogP contribution in [0.5, 0.6) is 0 Å². The molecule has 0 bridgehead atoms. The number of ether oxygens (including phenoxy) is 2. The number of urea groups is 1. The number of anilines is 1. The van der Waals surface area contributed by atoms with Crippen molar-refractivity contribution in [1.29, 1.82) is 0 Å². The Morgan fingerprint density at radius 1 is 1.30 bits per heavy atom. The Morgan fingerprint density at radius 2 is 2.00 bits per heavy atom. The van der Waals surface area contributed by atoms with Crippen LogP contribution >= 0.6 is 0 Å². The molecule has 0 unspecified atom stereocenters. The van der Waals surface area contributed by atoms with Crippen molar-refractivity contribution in [3.8, 4) is 0 Å². The zero-order chi connectivity index (χ0) is 17.1. The maximum Gasteiger partial charge on any atom is 0.319 e. The van der Waals surface area contributed by atoms with Crippen LogP contribution < -0.4 is 10.6 Å². The van der Waals surface area contributed by atoms with Crippen LogP contribution in [0, 0.1) is 0 Å². The first-order valence-corrected chi connectivity index (χ1v) is 8.17. The first kappa shape index (κ1) is 17.8. The molecule has 0 aliphatic carbocycles. The second kappa shape index (κ2) is 6.89. The molecule has 2 rings (SSSR count). The van der Waals surface area contributed by atoms with Gasteiger partial charge in [0.15, 0.2) is 0 Å². The van der Waals surface area contributed by atoms with Gasteiger partial charge in [0.2, 0.25) is 0 Å². The lowest BCUT2D eigenvalue weighted by Crippen LogP contribution is -2.47. The summed E-state index contributed by atoms with van der Waals surface area (Å²) in [5.41, 5.74) is 1.13. The fourth-order valence-electron chi connectivity index (χ4n) is 3.08. The van der Waals surface area contributed by atoms with Crippen LogP contribution in [0.25, 0.3) is 0 Å². The molecule has 0 spiro atoms. The summed E-state index contributed by atoms with van der Waals surface area (Å²) in [5.74, 6) is 0. The van der Waals surface area contributed by atoms with E-state index >= 15 is 0 Å². The number of rotatable bonds is 5. The number of carbonyl (C=O) groups is 1. The number of hydrogen-bond acceptors (Lipinski definition) is 3. The van der Waals surface area contributed by atoms with E-state index in [2.05, 4.69) is 10.6 Å². The number of amides is 2. The molecule has 1 aromatic carbocycles. The standard InChI is InChI=1S/C18H28N2O3/c1-6-22-12-13-9-7-8-10-14(13)19-16(21)20-15-11-17(2,3)23-18(15,4)5/h7-10,15H,6,11-12H2,1-5H3,(H2,19,20,21)/t15-/m1/s1. The van der Waals surface area contributed by atoms with Gasteiger partial charge >= 0.3 is 6.03 Å². The van der Waals surface area contributed by atoms with E-state index in [4.69, 9.17) is 9.47 Å². The lowest BCUT2D eigenvalue weighted by Gasteiger charge is -2.27. The van der Waals surface area contributed by atoms with Crippen molar-refractivity contribution < 1.29 is 14.3 Å². The lowest BCUT2D eigenvalue weighted by molar-refractivity contribution is -0.0689. The van der Waals surface area contributed by atoms with Crippen LogP contribution in [0.1, 0.15) is 46.6 Å². The normalized spacial score (nSPS) is 21.9. The van der Waals surface area contributed by atoms with E-state index in [1.54, 1.807) is 0 Å². The van der Waals surface area contributed by atoms with Crippen LogP contribution in [0.2, 0.25) is 0 Å². The van der Waals surface area contributed by atoms with Crippen LogP contribution in [0.15, 0.2) is 24.3 Å². The maximum atomic E-state index is 12.4. The molecule has 1 aliphatic rings. The van der Waals surface area contributed by atoms with Crippen LogP contribution in [-0.4, -0.2) is 29.9 Å². The molecule has 1 fully saturated rings. The largest absolute Gasteiger partial charge is 0.377 e. The van der Waals surface area contributed by atoms with Crippen LogP contribution in [0.4, 0.5) is 10.5 Å². The third kappa shape index (κ3) is 4.69. The summed E-state index contributed by atoms with van der Waals surface area (Å²) >= 11 is 0. The van der Waals surface area contributed by atoms with E-state index in [0.717, 1.165) is 17.7 Å². The molecule has 5 heteroatoms. The molecule has 1 aromatic rings. The van der Waals surface area contributed by atoms with E-state index in [9.17, 15) is 4.79 Å². The Hall–Kier alpha value is -1.59. The molecule has 1 aliphatic heterocycles. The number of hydrogen-bond donors (Lipinski definition) is 2. The molecule has 128 valence electrons. The Morgan fingerprint density at radius 3 is 2.61 bits per heavy atom. The first-order chi connectivity index (χ1) is 10.7. The van der Waals surface area contributed by atoms with E-state index in [1.807, 2.05) is 58.9 Å². The SMILES string of the molecule is CCOCc1ccccc1NC(=O)N[C@@H]1CC(C)(C)OC1(C)C. The van der Waals surface area contributed by atoms with Crippen molar-refractivity contribution in [2.75, 3.05) is 11.9 Å². The van der Waals surface area contributed by atoms with Crippen LogP contribution in [0.3, 0.4) is 0 Å². The smallest absolute Gasteiger partial charge is 0.319 e. The maximum absolute atomic E-state index is 12.4. The fraction of sp³-hybridized carbons (Fsp3) is 0.611. The van der Waals surface area contributed by atoms with Gasteiger partial charge in [0, 0.05) is 17.9 Å². The molecule has 0 aromatic heterocycles. The second-order valence-electron chi connectivity index (χ2n) is 7.11. The molecule has 23 heavy (non-hydrogen) atoms. The molecular weight excluding hydrogens is 292 g/mol. The molecule has 1 atom stereocenters. The minimum Gasteiger partial charge on any atom is -0.377 e. The molecule has 1 heterocycles. The van der Waals surface area contributed by atoms with Crippen molar-refractivity contribution in [3.63, 3.8) is 0 Å². The monoisotopic (exact) mass is 320 g/mol. The van der Waals surface area contributed by atoms with Gasteiger partial charge in [-0.3, -0.25) is 0 Å². The Balaban J connectivity index is 2.00. The highest BCUT2D eigenvalue weighted by molar-refractivity contribution is 5.90. The third-order valence-electron chi connectivity index (χ3n) is 4.11. The summed E-state index contributed by atoms with van der Waals surface area (Å²) in [6, 6.07) is 7.43. The topological polar surface area (TPSA) is 59.6 Å². The predicted molar refractivity (Wildman–Crippen MR) is 91.6 cm³/mol. The quantitative estimate of drug-likeness (QED) is 0.870. The van der Waals surface area contributed by atoms with Gasteiger partial charge in [-0.2, -0.15) is 0 Å². The zero-order valence-corrected chi connectivity index (χ0v) is 14.7. The van der Waals surface area contributed by atoms with E-state index in [0.29, 0.717) is 13.2 Å². The van der Waals surface area contributed by atoms with Gasteiger partial charge in [-0.25, -0.2) is 4.79 Å². The molecule has 2 N–H and O–H groups in total. The summed E-state index contributed by atoms with van der Waals surface area (Å²) in [6.07, 6.45) is 0.786. The van der Waals surface area contributed by atoms with Gasteiger partial charge in [0.1, 0.15) is 0 Å². The Kier molecular flexibility index (Phi) is 5.32. The van der Waals surface area contributed by atoms with Crippen molar-refractivity contribution in [3.05, 3.63) is 29.8 Å². The van der Waals surface area contributed by atoms with Crippen molar-refractivity contribution in [2.45, 2.75) is 64.9 Å². The number of nitrogens with one attached hydrogen (secondary N) is 2. The summed E-state index contributed by atoms with van der Waals surface area (Å²) in [6.45, 7) is 11.2. The third-order valence-corrected chi connectivity index (χ3v) is 4.11. The molecule has 0 radical (unpaired) electrons. The average Bonchev–Trinajstić information content (AvgIpc) is 2.65. The predicted octanol–water partition coefficient (Wildman–Crippen LogP) is 3.69. The molecular formula is C18H28N2O3. The molecule has 2 amide bonds. The average molecular weight is 320 g/mol. The van der Waals surface area contributed by atoms with Crippen molar-refractivity contribution in [1.82, 2.24) is 5.32 Å². The fourth-order valence-corrected chi connectivity index (χ4v) is 3.08. The zero-order valence-electron chi connectivity index (χ0n) is 14.7. The van der Waals surface area contributed by atoms with Gasteiger partial charge in [0.05, 0.1) is 23.9 Å². The summed E-state index contributed by atoms with van der Waals surface area (Å²) in [5, 5.41) is 5.97. The van der Waals surface area contributed by atoms with E-state index in [1.165, 1.54) is 0 Å². The van der Waals surface area contributed by atoms with Gasteiger partial charge in [-0.05, 0) is 47.1 Å². The molecule has 0 saturated carbocycles. The minimum atomic E-state index is -0.383. The summed E-state index contributed by atoms with van der Waals surface area (Å²) in [7, 11) is 0. The van der Waals surface area contributed by atoms with Gasteiger partial charge < -0.3 is 20.1 Å². The first-order valence-electron chi connectivity index (χ1n) is 8.17. The van der Waals surface area contributed by atoms with Crippen molar-refractivity contribution in [2.24, 2.45) is 0 Å². The number of carbonyl (C=O) groups excluding carboxylic acids is 1. The van der Waals surface area contributed by atoms with Gasteiger partial charge in [0.25, 0.3) is 0 Å². The second-order valence-corrected chi connectivity index (χ2v) is 7.11. The Labute approximate surface area is 138 Å². The van der Waals surface area contributed by atoms with Gasteiger partial charge in [-0.1, -0.05) is 18.2 Å². The van der Waals surface area contributed by atoms with E-state index < -0.39 is 0 Å². The number of para-hydroxylation sites is 1. The minimum absolute atomic E-state index is 0.0310.